The van der Waals surface area contributed by atoms with Gasteiger partial charge in [-0.25, -0.2) is 17.8 Å². The van der Waals surface area contributed by atoms with Crippen LogP contribution in [-0.4, -0.2) is 74.9 Å². The fraction of sp³-hybridized carbons (Fsp3) is 0.455. The van der Waals surface area contributed by atoms with Gasteiger partial charge in [0.2, 0.25) is 15.9 Å². The summed E-state index contributed by atoms with van der Waals surface area (Å²) < 4.78 is 85.9. The second-order valence-electron chi connectivity index (χ2n) is 7.76. The zero-order valence-corrected chi connectivity index (χ0v) is 20.3. The number of rotatable bonds is 7. The Bertz CT molecular complexity index is 1180. The number of benzene rings is 1. The van der Waals surface area contributed by atoms with Gasteiger partial charge in [0.1, 0.15) is 16.4 Å². The zero-order chi connectivity index (χ0) is 26.0. The number of piperazine rings is 1. The molecule has 0 unspecified atom stereocenters. The third kappa shape index (κ3) is 5.50. The van der Waals surface area contributed by atoms with Crippen LogP contribution in [0.1, 0.15) is 29.8 Å². The number of nitrogens with zero attached hydrogens (tertiary/aromatic N) is 4. The Labute approximate surface area is 201 Å². The van der Waals surface area contributed by atoms with Gasteiger partial charge in [-0.3, -0.25) is 4.79 Å². The number of sulfonamides is 1. The van der Waals surface area contributed by atoms with E-state index in [1.807, 2.05) is 0 Å². The van der Waals surface area contributed by atoms with Crippen LogP contribution in [-0.2, 0) is 16.2 Å². The molecule has 3 rings (SSSR count). The molecule has 0 aliphatic carbocycles. The fourth-order valence-electron chi connectivity index (χ4n) is 3.92. The predicted octanol–water partition coefficient (Wildman–Crippen LogP) is 3.24. The summed E-state index contributed by atoms with van der Waals surface area (Å²) in [5.74, 6) is -1.76. The van der Waals surface area contributed by atoms with Crippen LogP contribution in [0, 0.1) is 5.82 Å². The number of pyridine rings is 1. The van der Waals surface area contributed by atoms with Crippen molar-refractivity contribution in [3.8, 4) is 5.88 Å². The quantitative estimate of drug-likeness (QED) is 0.524. The number of methoxy groups -OCH3 is 1. The van der Waals surface area contributed by atoms with Gasteiger partial charge in [-0.15, -0.1) is 0 Å². The van der Waals surface area contributed by atoms with Crippen molar-refractivity contribution >= 4 is 21.6 Å². The van der Waals surface area contributed by atoms with Crippen molar-refractivity contribution in [1.82, 2.24) is 14.2 Å². The first-order valence-corrected chi connectivity index (χ1v) is 12.3. The van der Waals surface area contributed by atoms with Gasteiger partial charge in [0.25, 0.3) is 5.91 Å². The minimum Gasteiger partial charge on any atom is -0.480 e. The molecule has 1 aliphatic rings. The molecule has 0 atom stereocenters. The number of hydrogen-bond acceptors (Lipinski definition) is 6. The van der Waals surface area contributed by atoms with Gasteiger partial charge < -0.3 is 14.5 Å². The number of anilines is 1. The summed E-state index contributed by atoms with van der Waals surface area (Å²) in [4.78, 5) is 19.9. The molecule has 1 aromatic heterocycles. The van der Waals surface area contributed by atoms with E-state index in [2.05, 4.69) is 4.98 Å². The molecular weight excluding hydrogens is 492 g/mol. The summed E-state index contributed by atoms with van der Waals surface area (Å²) in [7, 11) is -2.40. The fourth-order valence-corrected chi connectivity index (χ4v) is 5.34. The highest BCUT2D eigenvalue weighted by Gasteiger charge is 2.37. The summed E-state index contributed by atoms with van der Waals surface area (Å²) in [5.41, 5.74) is -1.56. The molecule has 8 nitrogen and oxygen atoms in total. The Morgan fingerprint density at radius 3 is 2.29 bits per heavy atom. The Morgan fingerprint density at radius 1 is 1.11 bits per heavy atom. The number of alkyl halides is 3. The smallest absolute Gasteiger partial charge is 0.417 e. The Morgan fingerprint density at radius 2 is 1.74 bits per heavy atom. The van der Waals surface area contributed by atoms with Gasteiger partial charge in [-0.1, -0.05) is 13.8 Å². The van der Waals surface area contributed by atoms with Crippen LogP contribution in [0.3, 0.4) is 0 Å². The summed E-state index contributed by atoms with van der Waals surface area (Å²) >= 11 is 0. The van der Waals surface area contributed by atoms with Gasteiger partial charge in [-0.05, 0) is 24.3 Å². The molecule has 0 bridgehead atoms. The Balaban J connectivity index is 1.84. The molecule has 35 heavy (non-hydrogen) atoms. The van der Waals surface area contributed by atoms with Crippen LogP contribution in [0.4, 0.5) is 23.2 Å². The minimum absolute atomic E-state index is 0.0170. The van der Waals surface area contributed by atoms with E-state index in [0.29, 0.717) is 11.8 Å². The lowest BCUT2D eigenvalue weighted by molar-refractivity contribution is -0.138. The Kier molecular flexibility index (Phi) is 7.90. The highest BCUT2D eigenvalue weighted by Crippen LogP contribution is 2.34. The first kappa shape index (κ1) is 26.7. The van der Waals surface area contributed by atoms with E-state index in [1.165, 1.54) is 28.6 Å². The van der Waals surface area contributed by atoms with Crippen molar-refractivity contribution in [2.75, 3.05) is 51.3 Å². The molecule has 1 amide bonds. The Hall–Kier alpha value is -2.93. The third-order valence-corrected chi connectivity index (χ3v) is 7.78. The first-order valence-electron chi connectivity index (χ1n) is 10.9. The summed E-state index contributed by atoms with van der Waals surface area (Å²) in [6.45, 7) is 4.52. The molecule has 1 aliphatic heterocycles. The maximum atomic E-state index is 13.4. The molecule has 2 aromatic rings. The van der Waals surface area contributed by atoms with Gasteiger partial charge in [0.15, 0.2) is 0 Å². The number of carbonyl (C=O) groups excluding carboxylic acids is 1. The summed E-state index contributed by atoms with van der Waals surface area (Å²) in [6.07, 6.45) is -3.67. The highest BCUT2D eigenvalue weighted by molar-refractivity contribution is 7.89. The maximum absolute atomic E-state index is 13.4. The number of carbonyl (C=O) groups is 1. The zero-order valence-electron chi connectivity index (χ0n) is 19.5. The lowest BCUT2D eigenvalue weighted by Gasteiger charge is -2.36. The lowest BCUT2D eigenvalue weighted by atomic mass is 10.0. The lowest BCUT2D eigenvalue weighted by Crippen LogP contribution is -2.49. The minimum atomic E-state index is -4.88. The molecular formula is C22H26F4N4O4S. The SMILES string of the molecule is CCN(CC)S(=O)(=O)c1cnc(OC)c(N2CCN(C(=O)c3ccc(F)cc3C(F)(F)F)CC2)c1. The maximum Gasteiger partial charge on any atom is 0.417 e. The number of hydrogen-bond donors (Lipinski definition) is 0. The number of halogens is 4. The largest absolute Gasteiger partial charge is 0.480 e. The van der Waals surface area contributed by atoms with Gasteiger partial charge in [0.05, 0.1) is 24.4 Å². The van der Waals surface area contributed by atoms with E-state index in [4.69, 9.17) is 4.74 Å². The number of ether oxygens (including phenoxy) is 1. The normalized spacial score (nSPS) is 15.0. The third-order valence-electron chi connectivity index (χ3n) is 5.77. The van der Waals surface area contributed by atoms with Crippen molar-refractivity contribution in [3.63, 3.8) is 0 Å². The van der Waals surface area contributed by atoms with Crippen molar-refractivity contribution in [2.45, 2.75) is 24.9 Å². The van der Waals surface area contributed by atoms with Crippen LogP contribution >= 0.6 is 0 Å². The summed E-state index contributed by atoms with van der Waals surface area (Å²) in [6, 6.07) is 3.40. The predicted molar refractivity (Wildman–Crippen MR) is 120 cm³/mol. The second kappa shape index (κ2) is 10.4. The average molecular weight is 519 g/mol. The van der Waals surface area contributed by atoms with Gasteiger partial charge >= 0.3 is 6.18 Å². The van der Waals surface area contributed by atoms with Crippen molar-refractivity contribution in [2.24, 2.45) is 0 Å². The van der Waals surface area contributed by atoms with Crippen LogP contribution in [0.5, 0.6) is 5.88 Å². The van der Waals surface area contributed by atoms with E-state index in [9.17, 15) is 30.8 Å². The van der Waals surface area contributed by atoms with Crippen LogP contribution in [0.15, 0.2) is 35.4 Å². The van der Waals surface area contributed by atoms with Crippen LogP contribution in [0.25, 0.3) is 0 Å². The topological polar surface area (TPSA) is 83.1 Å². The van der Waals surface area contributed by atoms with E-state index in [1.54, 1.807) is 18.7 Å². The van der Waals surface area contributed by atoms with Crippen LogP contribution < -0.4 is 9.64 Å². The van der Waals surface area contributed by atoms with E-state index in [0.717, 1.165) is 12.1 Å². The molecule has 0 N–H and O–H groups in total. The standard InChI is InChI=1S/C22H26F4N4O4S/c1-4-30(5-2)35(32,33)16-13-19(20(34-3)27-14-16)28-8-10-29(11-9-28)21(31)17-7-6-15(23)12-18(17)22(24,25)26/h6-7,12-14H,4-5,8-11H2,1-3H3. The molecule has 0 saturated carbocycles. The van der Waals surface area contributed by atoms with Gasteiger partial charge in [-0.2, -0.15) is 17.5 Å². The highest BCUT2D eigenvalue weighted by atomic mass is 32.2. The van der Waals surface area contributed by atoms with Crippen molar-refractivity contribution < 1.29 is 35.5 Å². The molecule has 0 spiro atoms. The van der Waals surface area contributed by atoms with Gasteiger partial charge in [0, 0.05) is 39.3 Å². The average Bonchev–Trinajstić information content (AvgIpc) is 2.83. The number of amides is 1. The molecule has 1 saturated heterocycles. The van der Waals surface area contributed by atoms with Crippen molar-refractivity contribution in [1.29, 1.82) is 0 Å². The van der Waals surface area contributed by atoms with E-state index >= 15 is 0 Å². The molecule has 2 heterocycles. The van der Waals surface area contributed by atoms with Crippen LogP contribution in [0.2, 0.25) is 0 Å². The second-order valence-corrected chi connectivity index (χ2v) is 9.69. The molecule has 1 aromatic carbocycles. The first-order chi connectivity index (χ1) is 16.4. The summed E-state index contributed by atoms with van der Waals surface area (Å²) in [5, 5.41) is 0. The van der Waals surface area contributed by atoms with Crippen molar-refractivity contribution in [3.05, 3.63) is 47.4 Å². The molecule has 1 fully saturated rings. The van der Waals surface area contributed by atoms with E-state index in [-0.39, 0.29) is 50.0 Å². The molecule has 13 heteroatoms. The number of aromatic nitrogens is 1. The monoisotopic (exact) mass is 518 g/mol. The molecule has 0 radical (unpaired) electrons. The molecule has 192 valence electrons. The van der Waals surface area contributed by atoms with E-state index < -0.39 is 39.1 Å².